The predicted molar refractivity (Wildman–Crippen MR) is 48.3 cm³/mol. The molecule has 0 rings (SSSR count). The van der Waals surface area contributed by atoms with E-state index < -0.39 is 6.29 Å². The molecular formula is C9H20O2. The first-order valence-corrected chi connectivity index (χ1v) is 4.09. The van der Waals surface area contributed by atoms with E-state index >= 15 is 0 Å². The van der Waals surface area contributed by atoms with Gasteiger partial charge in [0.25, 0.3) is 0 Å². The molecule has 0 saturated heterocycles. The molecule has 0 aliphatic carbocycles. The molecule has 0 bridgehead atoms. The van der Waals surface area contributed by atoms with Crippen molar-refractivity contribution < 1.29 is 9.84 Å². The quantitative estimate of drug-likeness (QED) is 0.504. The summed E-state index contributed by atoms with van der Waals surface area (Å²) in [7, 11) is 0. The van der Waals surface area contributed by atoms with Crippen LogP contribution in [0.1, 0.15) is 27.7 Å². The van der Waals surface area contributed by atoms with E-state index in [9.17, 15) is 0 Å². The van der Waals surface area contributed by atoms with E-state index in [1.54, 1.807) is 6.08 Å². The maximum absolute atomic E-state index is 8.99. The lowest BCUT2D eigenvalue weighted by Crippen LogP contribution is -2.18. The standard InChI is InChI=1S/C7H14O2.C2H6/c1-4-5-9-7(8)6(2)3;1-2/h4,6-8H,1,5H2,2-3H3;1-2H3. The third kappa shape index (κ3) is 9.66. The second-order valence-electron chi connectivity index (χ2n) is 2.26. The number of rotatable bonds is 4. The molecule has 0 aliphatic rings. The van der Waals surface area contributed by atoms with Gasteiger partial charge in [-0.1, -0.05) is 33.8 Å². The maximum Gasteiger partial charge on any atom is 0.157 e. The van der Waals surface area contributed by atoms with Gasteiger partial charge in [0.15, 0.2) is 6.29 Å². The van der Waals surface area contributed by atoms with Crippen LogP contribution in [0.25, 0.3) is 0 Å². The molecule has 0 heterocycles. The summed E-state index contributed by atoms with van der Waals surface area (Å²) in [6.45, 7) is 11.7. The first-order valence-electron chi connectivity index (χ1n) is 4.09. The van der Waals surface area contributed by atoms with Crippen molar-refractivity contribution in [1.29, 1.82) is 0 Å². The van der Waals surface area contributed by atoms with Gasteiger partial charge in [0, 0.05) is 5.92 Å². The van der Waals surface area contributed by atoms with E-state index in [4.69, 9.17) is 9.84 Å². The molecule has 0 saturated carbocycles. The highest BCUT2D eigenvalue weighted by Gasteiger charge is 2.06. The Labute approximate surface area is 69.9 Å². The Morgan fingerprint density at radius 3 is 2.18 bits per heavy atom. The lowest BCUT2D eigenvalue weighted by atomic mass is 10.2. The van der Waals surface area contributed by atoms with Crippen molar-refractivity contribution in [2.75, 3.05) is 6.61 Å². The van der Waals surface area contributed by atoms with Crippen LogP contribution in [0.15, 0.2) is 12.7 Å². The highest BCUT2D eigenvalue weighted by Crippen LogP contribution is 2.01. The van der Waals surface area contributed by atoms with Crippen molar-refractivity contribution in [2.45, 2.75) is 34.0 Å². The van der Waals surface area contributed by atoms with E-state index in [2.05, 4.69) is 6.58 Å². The summed E-state index contributed by atoms with van der Waals surface area (Å²) in [4.78, 5) is 0. The molecule has 0 spiro atoms. The summed E-state index contributed by atoms with van der Waals surface area (Å²) in [5, 5.41) is 8.99. The Morgan fingerprint density at radius 2 is 1.91 bits per heavy atom. The number of ether oxygens (including phenoxy) is 1. The largest absolute Gasteiger partial charge is 0.368 e. The molecule has 11 heavy (non-hydrogen) atoms. The Kier molecular flexibility index (Phi) is 11.6. The lowest BCUT2D eigenvalue weighted by molar-refractivity contribution is -0.116. The van der Waals surface area contributed by atoms with Gasteiger partial charge in [0.2, 0.25) is 0 Å². The van der Waals surface area contributed by atoms with Crippen molar-refractivity contribution in [3.8, 4) is 0 Å². The fraction of sp³-hybridized carbons (Fsp3) is 0.778. The first kappa shape index (κ1) is 13.3. The number of aliphatic hydroxyl groups is 1. The molecule has 2 heteroatoms. The second kappa shape index (κ2) is 9.66. The molecule has 0 aromatic heterocycles. The van der Waals surface area contributed by atoms with Gasteiger partial charge >= 0.3 is 0 Å². The smallest absolute Gasteiger partial charge is 0.157 e. The zero-order valence-electron chi connectivity index (χ0n) is 8.00. The minimum atomic E-state index is -0.650. The van der Waals surface area contributed by atoms with Crippen LogP contribution in [0.5, 0.6) is 0 Å². The summed E-state index contributed by atoms with van der Waals surface area (Å²) in [5.41, 5.74) is 0. The van der Waals surface area contributed by atoms with Crippen molar-refractivity contribution in [2.24, 2.45) is 5.92 Å². The molecule has 1 atom stereocenters. The lowest BCUT2D eigenvalue weighted by Gasteiger charge is -2.13. The van der Waals surface area contributed by atoms with Gasteiger partial charge < -0.3 is 9.84 Å². The van der Waals surface area contributed by atoms with Crippen molar-refractivity contribution in [1.82, 2.24) is 0 Å². The highest BCUT2D eigenvalue weighted by molar-refractivity contribution is 4.64. The van der Waals surface area contributed by atoms with E-state index in [1.165, 1.54) is 0 Å². The van der Waals surface area contributed by atoms with Gasteiger partial charge in [-0.05, 0) is 0 Å². The molecule has 0 fully saturated rings. The van der Waals surface area contributed by atoms with Gasteiger partial charge in [-0.3, -0.25) is 0 Å². The van der Waals surface area contributed by atoms with Crippen LogP contribution in [-0.4, -0.2) is 18.0 Å². The number of hydrogen-bond acceptors (Lipinski definition) is 2. The van der Waals surface area contributed by atoms with Crippen LogP contribution >= 0.6 is 0 Å². The fourth-order valence-electron chi connectivity index (χ4n) is 0.359. The maximum atomic E-state index is 8.99. The fourth-order valence-corrected chi connectivity index (χ4v) is 0.359. The summed E-state index contributed by atoms with van der Waals surface area (Å²) in [6, 6.07) is 0. The normalized spacial score (nSPS) is 11.8. The van der Waals surface area contributed by atoms with Crippen molar-refractivity contribution in [3.63, 3.8) is 0 Å². The molecule has 1 unspecified atom stereocenters. The van der Waals surface area contributed by atoms with Crippen molar-refractivity contribution >= 4 is 0 Å². The molecule has 68 valence electrons. The molecule has 0 amide bonds. The average Bonchev–Trinajstić information content (AvgIpc) is 2.03. The van der Waals surface area contributed by atoms with E-state index in [1.807, 2.05) is 27.7 Å². The van der Waals surface area contributed by atoms with E-state index in [-0.39, 0.29) is 5.92 Å². The molecule has 0 aliphatic heterocycles. The Balaban J connectivity index is 0. The molecule has 0 radical (unpaired) electrons. The minimum absolute atomic E-state index is 0.157. The average molecular weight is 160 g/mol. The summed E-state index contributed by atoms with van der Waals surface area (Å²) < 4.78 is 4.89. The molecular weight excluding hydrogens is 140 g/mol. The number of hydrogen-bond donors (Lipinski definition) is 1. The van der Waals surface area contributed by atoms with Gasteiger partial charge in [-0.15, -0.1) is 6.58 Å². The summed E-state index contributed by atoms with van der Waals surface area (Å²) in [5.74, 6) is 0.157. The van der Waals surface area contributed by atoms with Gasteiger partial charge in [0.1, 0.15) is 0 Å². The van der Waals surface area contributed by atoms with Gasteiger partial charge in [-0.25, -0.2) is 0 Å². The van der Waals surface area contributed by atoms with E-state index in [0.29, 0.717) is 6.61 Å². The van der Waals surface area contributed by atoms with Gasteiger partial charge in [0.05, 0.1) is 6.61 Å². The highest BCUT2D eigenvalue weighted by atomic mass is 16.6. The van der Waals surface area contributed by atoms with Crippen LogP contribution in [0, 0.1) is 5.92 Å². The van der Waals surface area contributed by atoms with Crippen LogP contribution < -0.4 is 0 Å². The summed E-state index contributed by atoms with van der Waals surface area (Å²) >= 11 is 0. The van der Waals surface area contributed by atoms with Crippen LogP contribution in [0.3, 0.4) is 0 Å². The molecule has 0 aromatic rings. The molecule has 1 N–H and O–H groups in total. The summed E-state index contributed by atoms with van der Waals surface area (Å²) in [6.07, 6.45) is 0.967. The Hall–Kier alpha value is -0.340. The minimum Gasteiger partial charge on any atom is -0.368 e. The zero-order chi connectivity index (χ0) is 9.28. The topological polar surface area (TPSA) is 29.5 Å². The van der Waals surface area contributed by atoms with E-state index in [0.717, 1.165) is 0 Å². The molecule has 2 nitrogen and oxygen atoms in total. The Morgan fingerprint density at radius 1 is 1.45 bits per heavy atom. The second-order valence-corrected chi connectivity index (χ2v) is 2.26. The number of aliphatic hydroxyl groups excluding tert-OH is 1. The monoisotopic (exact) mass is 160 g/mol. The van der Waals surface area contributed by atoms with Crippen LogP contribution in [0.2, 0.25) is 0 Å². The SMILES string of the molecule is C=CCOC(O)C(C)C.CC. The Bertz CT molecular complexity index is 79.6. The third-order valence-electron chi connectivity index (χ3n) is 0.955. The van der Waals surface area contributed by atoms with Crippen LogP contribution in [-0.2, 0) is 4.74 Å². The molecule has 0 aromatic carbocycles. The predicted octanol–water partition coefficient (Wildman–Crippen LogP) is 2.19. The van der Waals surface area contributed by atoms with Gasteiger partial charge in [-0.2, -0.15) is 0 Å². The zero-order valence-corrected chi connectivity index (χ0v) is 8.00. The van der Waals surface area contributed by atoms with Crippen molar-refractivity contribution in [3.05, 3.63) is 12.7 Å². The third-order valence-corrected chi connectivity index (χ3v) is 0.955. The van der Waals surface area contributed by atoms with Crippen LogP contribution in [0.4, 0.5) is 0 Å². The first-order chi connectivity index (χ1) is 5.18.